The van der Waals surface area contributed by atoms with Crippen molar-refractivity contribution >= 4 is 22.7 Å². The zero-order chi connectivity index (χ0) is 27.6. The Morgan fingerprint density at radius 3 is 2.75 bits per heavy atom. The number of nitriles is 1. The van der Waals surface area contributed by atoms with Crippen LogP contribution in [-0.4, -0.2) is 87.8 Å². The summed E-state index contributed by atoms with van der Waals surface area (Å²) >= 11 is 0. The third kappa shape index (κ3) is 5.27. The maximum absolute atomic E-state index is 11.8. The molecular formula is C30H35N7O3. The van der Waals surface area contributed by atoms with Gasteiger partial charge >= 0.3 is 12.1 Å². The van der Waals surface area contributed by atoms with Gasteiger partial charge in [0.2, 0.25) is 0 Å². The molecule has 0 radical (unpaired) electrons. The van der Waals surface area contributed by atoms with Gasteiger partial charge in [-0.3, -0.25) is 4.90 Å². The third-order valence-corrected chi connectivity index (χ3v) is 8.51. The Bertz CT molecular complexity index is 1440. The van der Waals surface area contributed by atoms with E-state index in [9.17, 15) is 15.2 Å². The van der Waals surface area contributed by atoms with E-state index in [0.29, 0.717) is 51.4 Å². The van der Waals surface area contributed by atoms with Gasteiger partial charge in [0.25, 0.3) is 0 Å². The van der Waals surface area contributed by atoms with Crippen LogP contribution in [0.5, 0.6) is 6.01 Å². The highest BCUT2D eigenvalue weighted by molar-refractivity contribution is 5.85. The molecule has 10 nitrogen and oxygen atoms in total. The number of hydrogen-bond donors (Lipinski definition) is 1. The van der Waals surface area contributed by atoms with Gasteiger partial charge in [-0.15, -0.1) is 0 Å². The second-order valence-corrected chi connectivity index (χ2v) is 11.1. The lowest BCUT2D eigenvalue weighted by Crippen LogP contribution is -2.55. The quantitative estimate of drug-likeness (QED) is 0.479. The first-order valence-electron chi connectivity index (χ1n) is 14.0. The molecule has 208 valence electrons. The molecular weight excluding hydrogens is 506 g/mol. The van der Waals surface area contributed by atoms with Gasteiger partial charge in [0.15, 0.2) is 0 Å². The molecule has 0 spiro atoms. The Balaban J connectivity index is 1.28. The van der Waals surface area contributed by atoms with Gasteiger partial charge in [-0.2, -0.15) is 15.2 Å². The zero-order valence-electron chi connectivity index (χ0n) is 22.9. The number of benzene rings is 2. The van der Waals surface area contributed by atoms with E-state index in [0.717, 1.165) is 43.0 Å². The second-order valence-electron chi connectivity index (χ2n) is 11.1. The molecule has 40 heavy (non-hydrogen) atoms. The summed E-state index contributed by atoms with van der Waals surface area (Å²) in [6.07, 6.45) is 1.41. The molecule has 1 amide bonds. The van der Waals surface area contributed by atoms with Crippen LogP contribution in [0.3, 0.4) is 0 Å². The lowest BCUT2D eigenvalue weighted by molar-refractivity contribution is 0.119. The van der Waals surface area contributed by atoms with Crippen LogP contribution < -0.4 is 9.64 Å². The minimum absolute atomic E-state index is 0.140. The summed E-state index contributed by atoms with van der Waals surface area (Å²) < 4.78 is 6.20. The van der Waals surface area contributed by atoms with Gasteiger partial charge in [-0.1, -0.05) is 42.5 Å². The summed E-state index contributed by atoms with van der Waals surface area (Å²) in [6.45, 7) is 5.02. The fraction of sp³-hybridized carbons (Fsp3) is 0.467. The lowest BCUT2D eigenvalue weighted by Gasteiger charge is -2.40. The van der Waals surface area contributed by atoms with Crippen LogP contribution in [0, 0.1) is 11.3 Å². The van der Waals surface area contributed by atoms with Gasteiger partial charge in [0.1, 0.15) is 12.4 Å². The second kappa shape index (κ2) is 11.3. The molecule has 2 aromatic carbocycles. The Labute approximate surface area is 234 Å². The van der Waals surface area contributed by atoms with E-state index in [1.807, 2.05) is 0 Å². The van der Waals surface area contributed by atoms with Crippen molar-refractivity contribution < 1.29 is 14.6 Å². The molecule has 3 aliphatic rings. The minimum atomic E-state index is -0.987. The van der Waals surface area contributed by atoms with E-state index in [1.165, 1.54) is 21.2 Å². The maximum Gasteiger partial charge on any atom is 0.407 e. The fourth-order valence-corrected chi connectivity index (χ4v) is 6.33. The van der Waals surface area contributed by atoms with E-state index in [-0.39, 0.29) is 6.42 Å². The van der Waals surface area contributed by atoms with Crippen molar-refractivity contribution in [1.29, 1.82) is 5.26 Å². The Morgan fingerprint density at radius 2 is 1.95 bits per heavy atom. The van der Waals surface area contributed by atoms with Gasteiger partial charge < -0.3 is 24.5 Å². The predicted molar refractivity (Wildman–Crippen MR) is 151 cm³/mol. The minimum Gasteiger partial charge on any atom is -0.465 e. The molecule has 6 rings (SSSR count). The molecule has 3 aliphatic heterocycles. The maximum atomic E-state index is 11.8. The highest BCUT2D eigenvalue weighted by atomic mass is 16.5. The van der Waals surface area contributed by atoms with Crippen LogP contribution in [0.1, 0.15) is 36.1 Å². The van der Waals surface area contributed by atoms with Crippen LogP contribution in [0.2, 0.25) is 0 Å². The van der Waals surface area contributed by atoms with Crippen molar-refractivity contribution in [1.82, 2.24) is 24.7 Å². The van der Waals surface area contributed by atoms with E-state index in [1.54, 1.807) is 0 Å². The summed E-state index contributed by atoms with van der Waals surface area (Å²) in [5.41, 5.74) is 3.29. The molecule has 2 atom stereocenters. The summed E-state index contributed by atoms with van der Waals surface area (Å²) in [6, 6.07) is 17.4. The topological polar surface area (TPSA) is 109 Å². The van der Waals surface area contributed by atoms with Crippen molar-refractivity contribution in [2.45, 2.75) is 51.0 Å². The molecule has 4 heterocycles. The highest BCUT2D eigenvalue weighted by Crippen LogP contribution is 2.34. The van der Waals surface area contributed by atoms with E-state index in [2.05, 4.69) is 70.3 Å². The van der Waals surface area contributed by atoms with Crippen LogP contribution >= 0.6 is 0 Å². The van der Waals surface area contributed by atoms with Gasteiger partial charge in [0.05, 0.1) is 24.2 Å². The number of amides is 1. The number of rotatable bonds is 7. The molecule has 0 saturated carbocycles. The van der Waals surface area contributed by atoms with Gasteiger partial charge in [-0.05, 0) is 42.8 Å². The molecule has 1 N–H and O–H groups in total. The number of anilines is 1. The number of carboxylic acid groups (broad SMARTS) is 1. The molecule has 3 aromatic rings. The molecule has 10 heteroatoms. The van der Waals surface area contributed by atoms with Gasteiger partial charge in [0, 0.05) is 50.9 Å². The Kier molecular flexibility index (Phi) is 7.41. The molecule has 1 aromatic heterocycles. The highest BCUT2D eigenvalue weighted by Gasteiger charge is 2.35. The molecule has 2 fully saturated rings. The normalized spacial score (nSPS) is 21.5. The van der Waals surface area contributed by atoms with Crippen molar-refractivity contribution in [3.05, 3.63) is 59.3 Å². The van der Waals surface area contributed by atoms with Crippen molar-refractivity contribution in [3.63, 3.8) is 0 Å². The number of piperazine rings is 1. The average Bonchev–Trinajstić information content (AvgIpc) is 3.56. The molecule has 0 bridgehead atoms. The van der Waals surface area contributed by atoms with Crippen molar-refractivity contribution in [3.8, 4) is 12.1 Å². The average molecular weight is 542 g/mol. The number of likely N-dealkylation sites (N-methyl/N-ethyl adjacent to an activating group) is 1. The van der Waals surface area contributed by atoms with E-state index >= 15 is 0 Å². The Morgan fingerprint density at radius 1 is 1.10 bits per heavy atom. The van der Waals surface area contributed by atoms with E-state index < -0.39 is 12.1 Å². The number of fused-ring (bicyclic) bond motifs is 2. The number of carbonyl (C=O) groups is 1. The predicted octanol–water partition coefficient (Wildman–Crippen LogP) is 3.70. The first kappa shape index (κ1) is 26.3. The smallest absolute Gasteiger partial charge is 0.407 e. The summed E-state index contributed by atoms with van der Waals surface area (Å²) in [5, 5.41) is 21.5. The van der Waals surface area contributed by atoms with Gasteiger partial charge in [-0.25, -0.2) is 4.79 Å². The number of nitrogens with zero attached hydrogens (tertiary/aromatic N) is 7. The molecule has 0 aliphatic carbocycles. The van der Waals surface area contributed by atoms with Crippen LogP contribution in [0.25, 0.3) is 10.8 Å². The SMILES string of the molecule is CN1CCCC1COc1nc2c(c(N3CCN(C(=O)O)C(CC#N)C3)n1)CN(Cc1cccc3ccccc13)C2. The fourth-order valence-electron chi connectivity index (χ4n) is 6.33. The van der Waals surface area contributed by atoms with Crippen LogP contribution in [0.15, 0.2) is 42.5 Å². The first-order valence-corrected chi connectivity index (χ1v) is 14.0. The van der Waals surface area contributed by atoms with E-state index in [4.69, 9.17) is 14.7 Å². The summed E-state index contributed by atoms with van der Waals surface area (Å²) in [5.74, 6) is 0.799. The third-order valence-electron chi connectivity index (χ3n) is 8.51. The monoisotopic (exact) mass is 541 g/mol. The first-order chi connectivity index (χ1) is 19.5. The van der Waals surface area contributed by atoms with Crippen molar-refractivity contribution in [2.75, 3.05) is 44.7 Å². The van der Waals surface area contributed by atoms with Crippen LogP contribution in [0.4, 0.5) is 10.6 Å². The van der Waals surface area contributed by atoms with Crippen LogP contribution in [-0.2, 0) is 19.6 Å². The largest absolute Gasteiger partial charge is 0.465 e. The number of ether oxygens (including phenoxy) is 1. The molecule has 2 saturated heterocycles. The number of hydrogen-bond acceptors (Lipinski definition) is 8. The number of likely N-dealkylation sites (tertiary alicyclic amines) is 1. The Hall–Kier alpha value is -3.94. The standard InChI is InChI=1S/C30H35N7O3/c1-34-13-5-9-24(34)20-40-29-32-27-19-35(16-22-8-4-7-21-6-2-3-10-25(21)22)18-26(27)28(33-29)36-14-15-37(30(38)39)23(17-36)11-12-31/h2-4,6-8,10,23-24H,5,9,11,13-20H2,1H3,(H,38,39). The zero-order valence-corrected chi connectivity index (χ0v) is 22.9. The summed E-state index contributed by atoms with van der Waals surface area (Å²) in [7, 11) is 2.12. The lowest BCUT2D eigenvalue weighted by atomic mass is 10.0. The summed E-state index contributed by atoms with van der Waals surface area (Å²) in [4.78, 5) is 29.8. The van der Waals surface area contributed by atoms with Crippen molar-refractivity contribution in [2.24, 2.45) is 0 Å². The number of aromatic nitrogens is 2. The molecule has 2 unspecified atom stereocenters.